The van der Waals surface area contributed by atoms with Gasteiger partial charge in [0.1, 0.15) is 0 Å². The van der Waals surface area contributed by atoms with Gasteiger partial charge in [0.15, 0.2) is 0 Å². The molecule has 18 heavy (non-hydrogen) atoms. The van der Waals surface area contributed by atoms with E-state index >= 15 is 0 Å². The van der Waals surface area contributed by atoms with E-state index in [0.29, 0.717) is 11.3 Å². The third kappa shape index (κ3) is 2.40. The van der Waals surface area contributed by atoms with Crippen molar-refractivity contribution < 1.29 is 9.90 Å². The van der Waals surface area contributed by atoms with E-state index in [-0.39, 0.29) is 17.7 Å². The highest BCUT2D eigenvalue weighted by Crippen LogP contribution is 2.10. The molecule has 0 radical (unpaired) electrons. The van der Waals surface area contributed by atoms with Gasteiger partial charge in [-0.05, 0) is 17.7 Å². The van der Waals surface area contributed by atoms with Crippen molar-refractivity contribution in [3.05, 3.63) is 64.1 Å². The second-order valence-corrected chi connectivity index (χ2v) is 3.89. The van der Waals surface area contributed by atoms with Crippen LogP contribution in [0.3, 0.4) is 0 Å². The quantitative estimate of drug-likeness (QED) is 0.848. The summed E-state index contributed by atoms with van der Waals surface area (Å²) in [6.45, 7) is 0.187. The van der Waals surface area contributed by atoms with Crippen LogP contribution in [0.15, 0.2) is 47.4 Å². The number of carbonyl (C=O) groups is 1. The number of aromatic nitrogens is 1. The molecule has 0 aliphatic heterocycles. The van der Waals surface area contributed by atoms with Gasteiger partial charge in [-0.25, -0.2) is 4.79 Å². The Bertz CT molecular complexity index is 647. The van der Waals surface area contributed by atoms with E-state index in [1.165, 1.54) is 29.0 Å². The number of nitrogens with two attached hydrogens (primary N) is 1. The molecule has 0 saturated carbocycles. The minimum Gasteiger partial charge on any atom is -0.478 e. The average molecular weight is 244 g/mol. The van der Waals surface area contributed by atoms with Crippen LogP contribution in [0.1, 0.15) is 15.9 Å². The van der Waals surface area contributed by atoms with E-state index in [9.17, 15) is 9.59 Å². The van der Waals surface area contributed by atoms with E-state index in [1.54, 1.807) is 18.2 Å². The Hall–Kier alpha value is -2.56. The van der Waals surface area contributed by atoms with Crippen LogP contribution in [0.25, 0.3) is 0 Å². The van der Waals surface area contributed by atoms with Crippen molar-refractivity contribution in [1.82, 2.24) is 4.57 Å². The summed E-state index contributed by atoms with van der Waals surface area (Å²) in [7, 11) is 0. The van der Waals surface area contributed by atoms with Crippen LogP contribution in [-0.4, -0.2) is 15.6 Å². The summed E-state index contributed by atoms with van der Waals surface area (Å²) in [6.07, 6.45) is 1.50. The zero-order valence-electron chi connectivity index (χ0n) is 9.54. The van der Waals surface area contributed by atoms with Crippen LogP contribution < -0.4 is 11.3 Å². The molecule has 1 aromatic heterocycles. The van der Waals surface area contributed by atoms with Crippen LogP contribution in [0.4, 0.5) is 5.69 Å². The Labute approximate surface area is 103 Å². The van der Waals surface area contributed by atoms with Gasteiger partial charge in [-0.1, -0.05) is 18.2 Å². The molecule has 0 saturated heterocycles. The monoisotopic (exact) mass is 244 g/mol. The average Bonchev–Trinajstić information content (AvgIpc) is 2.34. The summed E-state index contributed by atoms with van der Waals surface area (Å²) in [5, 5.41) is 9.06. The zero-order chi connectivity index (χ0) is 13.1. The molecule has 1 aromatic carbocycles. The Morgan fingerprint density at radius 2 is 1.94 bits per heavy atom. The van der Waals surface area contributed by atoms with Gasteiger partial charge < -0.3 is 15.4 Å². The molecule has 0 aliphatic rings. The smallest absolute Gasteiger partial charge is 0.336 e. The number of hydrogen-bond donors (Lipinski definition) is 2. The molecule has 0 bridgehead atoms. The van der Waals surface area contributed by atoms with Crippen LogP contribution in [0, 0.1) is 0 Å². The Kier molecular flexibility index (Phi) is 3.14. The first-order chi connectivity index (χ1) is 8.58. The third-order valence-corrected chi connectivity index (χ3v) is 2.59. The van der Waals surface area contributed by atoms with E-state index in [1.807, 2.05) is 0 Å². The van der Waals surface area contributed by atoms with Gasteiger partial charge in [0.2, 0.25) is 0 Å². The molecular weight excluding hydrogens is 232 g/mol. The molecule has 0 amide bonds. The normalized spacial score (nSPS) is 10.2. The van der Waals surface area contributed by atoms with Crippen molar-refractivity contribution in [2.75, 3.05) is 5.73 Å². The van der Waals surface area contributed by atoms with Crippen molar-refractivity contribution in [2.45, 2.75) is 6.54 Å². The lowest BCUT2D eigenvalue weighted by atomic mass is 10.1. The SMILES string of the molecule is Nc1ccc(=O)n(Cc2ccccc2C(=O)O)c1. The van der Waals surface area contributed by atoms with Crippen molar-refractivity contribution in [2.24, 2.45) is 0 Å². The Morgan fingerprint density at radius 3 is 2.67 bits per heavy atom. The third-order valence-electron chi connectivity index (χ3n) is 2.59. The highest BCUT2D eigenvalue weighted by Gasteiger charge is 2.09. The van der Waals surface area contributed by atoms with Crippen molar-refractivity contribution in [3.63, 3.8) is 0 Å². The maximum atomic E-state index is 11.6. The fraction of sp³-hybridized carbons (Fsp3) is 0.0769. The number of hydrogen-bond acceptors (Lipinski definition) is 3. The lowest BCUT2D eigenvalue weighted by Gasteiger charge is -2.09. The summed E-state index contributed by atoms with van der Waals surface area (Å²) >= 11 is 0. The molecule has 2 rings (SSSR count). The highest BCUT2D eigenvalue weighted by atomic mass is 16.4. The molecule has 0 atom stereocenters. The summed E-state index contributed by atoms with van der Waals surface area (Å²) in [4.78, 5) is 22.7. The lowest BCUT2D eigenvalue weighted by Crippen LogP contribution is -2.20. The van der Waals surface area contributed by atoms with Gasteiger partial charge >= 0.3 is 5.97 Å². The maximum Gasteiger partial charge on any atom is 0.336 e. The zero-order valence-corrected chi connectivity index (χ0v) is 9.54. The number of nitrogen functional groups attached to an aromatic ring is 1. The van der Waals surface area contributed by atoms with E-state index in [2.05, 4.69) is 0 Å². The summed E-state index contributed by atoms with van der Waals surface area (Å²) in [6, 6.07) is 9.45. The van der Waals surface area contributed by atoms with Gasteiger partial charge in [-0.15, -0.1) is 0 Å². The molecule has 0 fully saturated rings. The lowest BCUT2D eigenvalue weighted by molar-refractivity contribution is 0.0695. The number of nitrogens with zero attached hydrogens (tertiary/aromatic N) is 1. The Balaban J connectivity index is 2.43. The predicted molar refractivity (Wildman–Crippen MR) is 67.6 cm³/mol. The number of rotatable bonds is 3. The van der Waals surface area contributed by atoms with Crippen molar-refractivity contribution in [1.29, 1.82) is 0 Å². The van der Waals surface area contributed by atoms with E-state index in [4.69, 9.17) is 10.8 Å². The van der Waals surface area contributed by atoms with Crippen molar-refractivity contribution >= 4 is 11.7 Å². The number of carboxylic acid groups (broad SMARTS) is 1. The topological polar surface area (TPSA) is 85.3 Å². The molecule has 2 aromatic rings. The van der Waals surface area contributed by atoms with Crippen LogP contribution in [-0.2, 0) is 6.54 Å². The van der Waals surface area contributed by atoms with Gasteiger partial charge in [0.05, 0.1) is 12.1 Å². The molecule has 3 N–H and O–H groups in total. The minimum atomic E-state index is -1.01. The van der Waals surface area contributed by atoms with Crippen LogP contribution >= 0.6 is 0 Å². The summed E-state index contributed by atoms with van der Waals surface area (Å²) in [5.74, 6) is -1.01. The van der Waals surface area contributed by atoms with Gasteiger partial charge in [-0.2, -0.15) is 0 Å². The number of pyridine rings is 1. The highest BCUT2D eigenvalue weighted by molar-refractivity contribution is 5.89. The molecule has 5 heteroatoms. The summed E-state index contributed by atoms with van der Waals surface area (Å²) in [5.41, 5.74) is 6.60. The number of anilines is 1. The fourth-order valence-corrected chi connectivity index (χ4v) is 1.72. The molecular formula is C13H12N2O3. The molecule has 0 aliphatic carbocycles. The standard InChI is InChI=1S/C13H12N2O3/c14-10-5-6-12(16)15(8-10)7-9-3-1-2-4-11(9)13(17)18/h1-6,8H,7,14H2,(H,17,18). The van der Waals surface area contributed by atoms with E-state index < -0.39 is 5.97 Å². The summed E-state index contributed by atoms with van der Waals surface area (Å²) < 4.78 is 1.39. The molecule has 1 heterocycles. The fourth-order valence-electron chi connectivity index (χ4n) is 1.72. The first kappa shape index (κ1) is 11.9. The first-order valence-corrected chi connectivity index (χ1v) is 5.35. The maximum absolute atomic E-state index is 11.6. The van der Waals surface area contributed by atoms with Crippen LogP contribution in [0.5, 0.6) is 0 Å². The second kappa shape index (κ2) is 4.75. The first-order valence-electron chi connectivity index (χ1n) is 5.35. The van der Waals surface area contributed by atoms with Gasteiger partial charge in [-0.3, -0.25) is 4.79 Å². The largest absolute Gasteiger partial charge is 0.478 e. The molecule has 92 valence electrons. The minimum absolute atomic E-state index is 0.187. The number of benzene rings is 1. The number of aromatic carboxylic acids is 1. The van der Waals surface area contributed by atoms with Gasteiger partial charge in [0.25, 0.3) is 5.56 Å². The number of carboxylic acids is 1. The van der Waals surface area contributed by atoms with Crippen LogP contribution in [0.2, 0.25) is 0 Å². The Morgan fingerprint density at radius 1 is 1.22 bits per heavy atom. The van der Waals surface area contributed by atoms with Crippen molar-refractivity contribution in [3.8, 4) is 0 Å². The second-order valence-electron chi connectivity index (χ2n) is 3.89. The van der Waals surface area contributed by atoms with Gasteiger partial charge in [0, 0.05) is 18.0 Å². The van der Waals surface area contributed by atoms with E-state index in [0.717, 1.165) is 0 Å². The molecule has 0 unspecified atom stereocenters. The molecule has 5 nitrogen and oxygen atoms in total. The molecule has 0 spiro atoms. The predicted octanol–water partition coefficient (Wildman–Crippen LogP) is 1.18.